The third-order valence-corrected chi connectivity index (χ3v) is 2.84. The molecule has 1 rings (SSSR count). The molecule has 1 heterocycles. The van der Waals surface area contributed by atoms with Crippen LogP contribution in [0.15, 0.2) is 12.7 Å². The lowest BCUT2D eigenvalue weighted by molar-refractivity contribution is -0.126. The molecule has 0 aromatic heterocycles. The summed E-state index contributed by atoms with van der Waals surface area (Å²) in [4.78, 5) is 15.5. The lowest BCUT2D eigenvalue weighted by Gasteiger charge is -2.27. The third-order valence-electron chi connectivity index (χ3n) is 2.84. The molecule has 0 aromatic carbocycles. The minimum absolute atomic E-state index is 0.0526. The van der Waals surface area contributed by atoms with Gasteiger partial charge in [-0.15, -0.1) is 0 Å². The van der Waals surface area contributed by atoms with E-state index in [4.69, 9.17) is 0 Å². The van der Waals surface area contributed by atoms with Crippen LogP contribution in [0.3, 0.4) is 0 Å². The normalized spacial score (nSPS) is 28.2. The smallest absolute Gasteiger partial charge is 0.246 e. The molecule has 2 atom stereocenters. The van der Waals surface area contributed by atoms with Crippen LogP contribution in [0.1, 0.15) is 13.3 Å². The summed E-state index contributed by atoms with van der Waals surface area (Å²) in [6.07, 6.45) is 2.46. The van der Waals surface area contributed by atoms with Crippen molar-refractivity contribution in [3.8, 4) is 0 Å². The molecule has 0 aromatic rings. The van der Waals surface area contributed by atoms with Crippen LogP contribution in [-0.2, 0) is 4.79 Å². The Morgan fingerprint density at radius 2 is 2.23 bits per heavy atom. The number of carbonyl (C=O) groups excluding carboxylic acids is 1. The molecule has 0 N–H and O–H groups in total. The van der Waals surface area contributed by atoms with E-state index in [0.717, 1.165) is 13.0 Å². The van der Waals surface area contributed by atoms with E-state index in [0.29, 0.717) is 12.1 Å². The van der Waals surface area contributed by atoms with E-state index in [1.807, 2.05) is 4.90 Å². The van der Waals surface area contributed by atoms with Crippen molar-refractivity contribution < 1.29 is 4.79 Å². The summed E-state index contributed by atoms with van der Waals surface area (Å²) in [6, 6.07) is 0.796. The highest BCUT2D eigenvalue weighted by atomic mass is 16.2. The molecule has 13 heavy (non-hydrogen) atoms. The van der Waals surface area contributed by atoms with E-state index in [1.165, 1.54) is 6.08 Å². The number of likely N-dealkylation sites (N-methyl/N-ethyl adjacent to an activating group) is 1. The van der Waals surface area contributed by atoms with Crippen molar-refractivity contribution in [3.63, 3.8) is 0 Å². The Balaban J connectivity index is 2.64. The third kappa shape index (κ3) is 1.91. The molecular formula is C10H18N2O. The molecule has 2 unspecified atom stereocenters. The maximum Gasteiger partial charge on any atom is 0.246 e. The number of carbonyl (C=O) groups is 1. The summed E-state index contributed by atoms with van der Waals surface area (Å²) in [6.45, 7) is 6.46. The van der Waals surface area contributed by atoms with E-state index in [1.54, 1.807) is 0 Å². The lowest BCUT2D eigenvalue weighted by atomic mass is 10.1. The maximum atomic E-state index is 11.4. The van der Waals surface area contributed by atoms with Crippen molar-refractivity contribution in [1.82, 2.24) is 9.80 Å². The monoisotopic (exact) mass is 182 g/mol. The lowest BCUT2D eigenvalue weighted by Crippen LogP contribution is -2.41. The van der Waals surface area contributed by atoms with Crippen molar-refractivity contribution in [2.75, 3.05) is 20.6 Å². The molecular weight excluding hydrogens is 164 g/mol. The molecule has 1 aliphatic heterocycles. The number of likely N-dealkylation sites (tertiary alicyclic amines) is 1. The van der Waals surface area contributed by atoms with Gasteiger partial charge in [0.05, 0.1) is 0 Å². The predicted octanol–water partition coefficient (Wildman–Crippen LogP) is 0.723. The molecule has 0 saturated carbocycles. The minimum Gasteiger partial charge on any atom is -0.335 e. The molecule has 3 nitrogen and oxygen atoms in total. The Hall–Kier alpha value is -0.830. The summed E-state index contributed by atoms with van der Waals surface area (Å²) in [5.41, 5.74) is 0. The predicted molar refractivity (Wildman–Crippen MR) is 53.5 cm³/mol. The number of rotatable bonds is 2. The first-order valence-corrected chi connectivity index (χ1v) is 4.67. The summed E-state index contributed by atoms with van der Waals surface area (Å²) >= 11 is 0. The molecule has 1 aliphatic rings. The Morgan fingerprint density at radius 1 is 1.62 bits per heavy atom. The second-order valence-corrected chi connectivity index (χ2v) is 3.80. The first-order valence-electron chi connectivity index (χ1n) is 4.67. The largest absolute Gasteiger partial charge is 0.335 e. The van der Waals surface area contributed by atoms with Crippen LogP contribution in [0.4, 0.5) is 0 Å². The topological polar surface area (TPSA) is 23.6 Å². The van der Waals surface area contributed by atoms with Gasteiger partial charge in [0, 0.05) is 18.6 Å². The van der Waals surface area contributed by atoms with Crippen molar-refractivity contribution in [2.24, 2.45) is 0 Å². The summed E-state index contributed by atoms with van der Waals surface area (Å²) in [7, 11) is 4.12. The van der Waals surface area contributed by atoms with E-state index < -0.39 is 0 Å². The van der Waals surface area contributed by atoms with Crippen LogP contribution in [0, 0.1) is 0 Å². The summed E-state index contributed by atoms with van der Waals surface area (Å²) in [5, 5.41) is 0. The number of nitrogens with zero attached hydrogens (tertiary/aromatic N) is 2. The van der Waals surface area contributed by atoms with Crippen molar-refractivity contribution in [2.45, 2.75) is 25.4 Å². The van der Waals surface area contributed by atoms with E-state index in [-0.39, 0.29) is 5.91 Å². The van der Waals surface area contributed by atoms with Gasteiger partial charge in [-0.25, -0.2) is 0 Å². The molecule has 74 valence electrons. The Kier molecular flexibility index (Phi) is 3.09. The molecule has 1 amide bonds. The zero-order chi connectivity index (χ0) is 10.0. The van der Waals surface area contributed by atoms with Crippen molar-refractivity contribution in [3.05, 3.63) is 12.7 Å². The molecule has 1 fully saturated rings. The molecule has 3 heteroatoms. The fourth-order valence-corrected chi connectivity index (χ4v) is 2.04. The van der Waals surface area contributed by atoms with Gasteiger partial charge in [-0.2, -0.15) is 0 Å². The first kappa shape index (κ1) is 10.3. The van der Waals surface area contributed by atoms with Gasteiger partial charge in [0.2, 0.25) is 5.91 Å². The zero-order valence-electron chi connectivity index (χ0n) is 8.66. The van der Waals surface area contributed by atoms with Crippen LogP contribution in [0.25, 0.3) is 0 Å². The highest BCUT2D eigenvalue weighted by Gasteiger charge is 2.33. The van der Waals surface area contributed by atoms with Gasteiger partial charge in [-0.1, -0.05) is 6.58 Å². The summed E-state index contributed by atoms with van der Waals surface area (Å²) in [5.74, 6) is 0.0526. The average Bonchev–Trinajstić information content (AvgIpc) is 2.46. The van der Waals surface area contributed by atoms with Crippen LogP contribution >= 0.6 is 0 Å². The second-order valence-electron chi connectivity index (χ2n) is 3.80. The van der Waals surface area contributed by atoms with Gasteiger partial charge in [-0.05, 0) is 33.5 Å². The van der Waals surface area contributed by atoms with Crippen molar-refractivity contribution in [1.29, 1.82) is 0 Å². The van der Waals surface area contributed by atoms with Gasteiger partial charge in [0.15, 0.2) is 0 Å². The van der Waals surface area contributed by atoms with E-state index in [2.05, 4.69) is 32.5 Å². The Morgan fingerprint density at radius 3 is 2.62 bits per heavy atom. The number of hydrogen-bond acceptors (Lipinski definition) is 2. The van der Waals surface area contributed by atoms with Crippen LogP contribution in [0.2, 0.25) is 0 Å². The highest BCUT2D eigenvalue weighted by Crippen LogP contribution is 2.20. The molecule has 0 bridgehead atoms. The SMILES string of the molecule is C=CC(=O)N1CCC(N(C)C)C1C. The number of amides is 1. The first-order chi connectivity index (χ1) is 6.07. The molecule has 0 radical (unpaired) electrons. The quantitative estimate of drug-likeness (QED) is 0.588. The fraction of sp³-hybridized carbons (Fsp3) is 0.700. The van der Waals surface area contributed by atoms with E-state index in [9.17, 15) is 4.79 Å². The Labute approximate surface area is 80.0 Å². The Bertz CT molecular complexity index is 213. The zero-order valence-corrected chi connectivity index (χ0v) is 8.66. The van der Waals surface area contributed by atoms with Gasteiger partial charge < -0.3 is 9.80 Å². The molecule has 1 saturated heterocycles. The van der Waals surface area contributed by atoms with E-state index >= 15 is 0 Å². The van der Waals surface area contributed by atoms with Gasteiger partial charge in [-0.3, -0.25) is 4.79 Å². The number of hydrogen-bond donors (Lipinski definition) is 0. The second kappa shape index (κ2) is 3.92. The average molecular weight is 182 g/mol. The summed E-state index contributed by atoms with van der Waals surface area (Å²) < 4.78 is 0. The molecule has 0 aliphatic carbocycles. The highest BCUT2D eigenvalue weighted by molar-refractivity contribution is 5.87. The van der Waals surface area contributed by atoms with Gasteiger partial charge >= 0.3 is 0 Å². The van der Waals surface area contributed by atoms with Gasteiger partial charge in [0.1, 0.15) is 0 Å². The standard InChI is InChI=1S/C10H18N2O/c1-5-10(13)12-7-6-9(8(12)2)11(3)4/h5,8-9H,1,6-7H2,2-4H3. The van der Waals surface area contributed by atoms with Crippen LogP contribution in [-0.4, -0.2) is 48.4 Å². The van der Waals surface area contributed by atoms with Crippen LogP contribution in [0.5, 0.6) is 0 Å². The van der Waals surface area contributed by atoms with Crippen LogP contribution < -0.4 is 0 Å². The van der Waals surface area contributed by atoms with Gasteiger partial charge in [0.25, 0.3) is 0 Å². The fourth-order valence-electron chi connectivity index (χ4n) is 2.04. The maximum absolute atomic E-state index is 11.4. The minimum atomic E-state index is 0.0526. The van der Waals surface area contributed by atoms with Crippen molar-refractivity contribution >= 4 is 5.91 Å². The molecule has 0 spiro atoms.